The minimum Gasteiger partial charge on any atom is -0.378 e. The minimum absolute atomic E-state index is 0.442. The van der Waals surface area contributed by atoms with Crippen LogP contribution in [0.1, 0.15) is 5.69 Å². The summed E-state index contributed by atoms with van der Waals surface area (Å²) in [5.74, 6) is 0.658. The zero-order chi connectivity index (χ0) is 12.3. The Morgan fingerprint density at radius 3 is 2.76 bits per heavy atom. The smallest absolute Gasteiger partial charge is 0.227 e. The SMILES string of the molecule is COCc1nc(N2CCOCC2)nc(Cl)c1I. The van der Waals surface area contributed by atoms with Gasteiger partial charge in [-0.3, -0.25) is 0 Å². The van der Waals surface area contributed by atoms with Gasteiger partial charge in [-0.2, -0.15) is 4.98 Å². The maximum Gasteiger partial charge on any atom is 0.227 e. The molecule has 0 amide bonds. The van der Waals surface area contributed by atoms with Crippen LogP contribution in [0.15, 0.2) is 0 Å². The topological polar surface area (TPSA) is 47.5 Å². The number of rotatable bonds is 3. The van der Waals surface area contributed by atoms with E-state index in [-0.39, 0.29) is 0 Å². The van der Waals surface area contributed by atoms with Gasteiger partial charge in [0.1, 0.15) is 5.15 Å². The Labute approximate surface area is 119 Å². The number of hydrogen-bond acceptors (Lipinski definition) is 5. The predicted molar refractivity (Wildman–Crippen MR) is 73.5 cm³/mol. The molecule has 1 aliphatic heterocycles. The molecule has 1 fully saturated rings. The lowest BCUT2D eigenvalue weighted by molar-refractivity contribution is 0.122. The molecule has 17 heavy (non-hydrogen) atoms. The van der Waals surface area contributed by atoms with Crippen molar-refractivity contribution in [3.05, 3.63) is 14.4 Å². The lowest BCUT2D eigenvalue weighted by Crippen LogP contribution is -2.37. The maximum absolute atomic E-state index is 6.10. The van der Waals surface area contributed by atoms with E-state index in [1.165, 1.54) is 0 Å². The van der Waals surface area contributed by atoms with Gasteiger partial charge < -0.3 is 14.4 Å². The lowest BCUT2D eigenvalue weighted by atomic mass is 10.4. The van der Waals surface area contributed by atoms with Gasteiger partial charge in [0.05, 0.1) is 29.1 Å². The fourth-order valence-electron chi connectivity index (χ4n) is 1.59. The van der Waals surface area contributed by atoms with Crippen LogP contribution in [0.3, 0.4) is 0 Å². The Kier molecular flexibility index (Phi) is 4.78. The van der Waals surface area contributed by atoms with Crippen LogP contribution in [0.4, 0.5) is 5.95 Å². The highest BCUT2D eigenvalue weighted by molar-refractivity contribution is 14.1. The van der Waals surface area contributed by atoms with Crippen molar-refractivity contribution in [3.63, 3.8) is 0 Å². The summed E-state index contributed by atoms with van der Waals surface area (Å²) >= 11 is 8.24. The Hall–Kier alpha value is -0.180. The normalized spacial score (nSPS) is 16.3. The van der Waals surface area contributed by atoms with Crippen molar-refractivity contribution >= 4 is 40.1 Å². The number of nitrogens with zero attached hydrogens (tertiary/aromatic N) is 3. The Balaban J connectivity index is 2.27. The van der Waals surface area contributed by atoms with E-state index in [0.717, 1.165) is 22.4 Å². The number of aromatic nitrogens is 2. The van der Waals surface area contributed by atoms with Crippen molar-refractivity contribution in [2.24, 2.45) is 0 Å². The van der Waals surface area contributed by atoms with Crippen molar-refractivity contribution in [3.8, 4) is 0 Å². The molecule has 7 heteroatoms. The Bertz CT molecular complexity index is 399. The van der Waals surface area contributed by atoms with Crippen LogP contribution in [0, 0.1) is 3.57 Å². The third-order valence-corrected chi connectivity index (χ3v) is 4.17. The molecule has 2 heterocycles. The van der Waals surface area contributed by atoms with Gasteiger partial charge in [0.15, 0.2) is 0 Å². The van der Waals surface area contributed by atoms with Gasteiger partial charge in [0.2, 0.25) is 5.95 Å². The van der Waals surface area contributed by atoms with E-state index >= 15 is 0 Å². The average molecular weight is 370 g/mol. The highest BCUT2D eigenvalue weighted by atomic mass is 127. The summed E-state index contributed by atoms with van der Waals surface area (Å²) in [5, 5.41) is 0.481. The molecule has 1 aromatic heterocycles. The van der Waals surface area contributed by atoms with Crippen molar-refractivity contribution in [1.29, 1.82) is 0 Å². The van der Waals surface area contributed by atoms with Gasteiger partial charge in [-0.05, 0) is 22.6 Å². The molecule has 1 aromatic rings. The molecule has 0 saturated carbocycles. The Morgan fingerprint density at radius 1 is 1.41 bits per heavy atom. The molecule has 0 spiro atoms. The van der Waals surface area contributed by atoms with Crippen LogP contribution in [0.2, 0.25) is 5.15 Å². The van der Waals surface area contributed by atoms with Gasteiger partial charge in [-0.25, -0.2) is 4.98 Å². The van der Waals surface area contributed by atoms with E-state index in [1.807, 2.05) is 0 Å². The summed E-state index contributed by atoms with van der Waals surface area (Å²) in [6.45, 7) is 3.43. The molecular formula is C10H13ClIN3O2. The first-order valence-corrected chi connectivity index (χ1v) is 6.71. The van der Waals surface area contributed by atoms with Crippen LogP contribution in [0.5, 0.6) is 0 Å². The molecule has 0 atom stereocenters. The molecule has 0 unspecified atom stereocenters. The van der Waals surface area contributed by atoms with E-state index in [2.05, 4.69) is 37.5 Å². The monoisotopic (exact) mass is 369 g/mol. The number of hydrogen-bond donors (Lipinski definition) is 0. The van der Waals surface area contributed by atoms with Gasteiger partial charge in [-0.1, -0.05) is 11.6 Å². The molecule has 2 rings (SSSR count). The van der Waals surface area contributed by atoms with Crippen molar-refractivity contribution < 1.29 is 9.47 Å². The van der Waals surface area contributed by atoms with Crippen molar-refractivity contribution in [2.75, 3.05) is 38.3 Å². The molecule has 0 aliphatic carbocycles. The van der Waals surface area contributed by atoms with Gasteiger partial charge in [0.25, 0.3) is 0 Å². The third kappa shape index (κ3) is 3.18. The molecular weight excluding hydrogens is 356 g/mol. The average Bonchev–Trinajstić information content (AvgIpc) is 2.36. The first kappa shape index (κ1) is 13.3. The second-order valence-electron chi connectivity index (χ2n) is 3.61. The van der Waals surface area contributed by atoms with Crippen LogP contribution < -0.4 is 4.90 Å². The molecule has 0 radical (unpaired) electrons. The van der Waals surface area contributed by atoms with E-state index in [1.54, 1.807) is 7.11 Å². The highest BCUT2D eigenvalue weighted by Gasteiger charge is 2.17. The summed E-state index contributed by atoms with van der Waals surface area (Å²) in [4.78, 5) is 10.9. The van der Waals surface area contributed by atoms with Gasteiger partial charge in [-0.15, -0.1) is 0 Å². The molecule has 1 aliphatic rings. The van der Waals surface area contributed by atoms with Gasteiger partial charge >= 0.3 is 0 Å². The summed E-state index contributed by atoms with van der Waals surface area (Å²) in [6.07, 6.45) is 0. The van der Waals surface area contributed by atoms with Gasteiger partial charge in [0, 0.05) is 20.2 Å². The first-order chi connectivity index (χ1) is 8.22. The van der Waals surface area contributed by atoms with Crippen LogP contribution in [-0.4, -0.2) is 43.4 Å². The third-order valence-electron chi connectivity index (χ3n) is 2.44. The fraction of sp³-hybridized carbons (Fsp3) is 0.600. The Morgan fingerprint density at radius 2 is 2.12 bits per heavy atom. The fourth-order valence-corrected chi connectivity index (χ4v) is 2.17. The second kappa shape index (κ2) is 6.12. The van der Waals surface area contributed by atoms with E-state index in [0.29, 0.717) is 30.9 Å². The lowest BCUT2D eigenvalue weighted by Gasteiger charge is -2.27. The molecule has 1 saturated heterocycles. The first-order valence-electron chi connectivity index (χ1n) is 5.26. The molecule has 0 bridgehead atoms. The van der Waals surface area contributed by atoms with Crippen molar-refractivity contribution in [1.82, 2.24) is 9.97 Å². The molecule has 0 N–H and O–H groups in total. The minimum atomic E-state index is 0.442. The largest absolute Gasteiger partial charge is 0.378 e. The zero-order valence-corrected chi connectivity index (χ0v) is 12.4. The van der Waals surface area contributed by atoms with E-state index < -0.39 is 0 Å². The summed E-state index contributed by atoms with van der Waals surface area (Å²) < 4.78 is 11.3. The molecule has 5 nitrogen and oxygen atoms in total. The standard InChI is InChI=1S/C10H13ClIN3O2/c1-16-6-7-8(12)9(11)14-10(13-7)15-2-4-17-5-3-15/h2-6H2,1H3. The number of morpholine rings is 1. The number of methoxy groups -OCH3 is 1. The zero-order valence-electron chi connectivity index (χ0n) is 9.45. The number of anilines is 1. The van der Waals surface area contributed by atoms with Crippen LogP contribution >= 0.6 is 34.2 Å². The predicted octanol–water partition coefficient (Wildman–Crippen LogP) is 1.72. The highest BCUT2D eigenvalue weighted by Crippen LogP contribution is 2.23. The van der Waals surface area contributed by atoms with Crippen molar-refractivity contribution in [2.45, 2.75) is 6.61 Å². The second-order valence-corrected chi connectivity index (χ2v) is 5.04. The van der Waals surface area contributed by atoms with Crippen LogP contribution in [0.25, 0.3) is 0 Å². The number of halogens is 2. The van der Waals surface area contributed by atoms with E-state index in [4.69, 9.17) is 21.1 Å². The number of ether oxygens (including phenoxy) is 2. The molecule has 0 aromatic carbocycles. The summed E-state index contributed by atoms with van der Waals surface area (Å²) in [7, 11) is 1.64. The van der Waals surface area contributed by atoms with Crippen LogP contribution in [-0.2, 0) is 16.1 Å². The van der Waals surface area contributed by atoms with E-state index in [9.17, 15) is 0 Å². The molecule has 94 valence electrons. The maximum atomic E-state index is 6.10. The summed E-state index contributed by atoms with van der Waals surface area (Å²) in [6, 6.07) is 0. The summed E-state index contributed by atoms with van der Waals surface area (Å²) in [5.41, 5.74) is 0.828. The quantitative estimate of drug-likeness (QED) is 0.600.